The van der Waals surface area contributed by atoms with Crippen LogP contribution in [0.2, 0.25) is 0 Å². The molecule has 0 aromatic heterocycles. The van der Waals surface area contributed by atoms with Gasteiger partial charge in [0.05, 0.1) is 18.0 Å². The predicted molar refractivity (Wildman–Crippen MR) is 112 cm³/mol. The van der Waals surface area contributed by atoms with Crippen molar-refractivity contribution in [2.75, 3.05) is 46.3 Å². The normalized spacial score (nSPS) is 15.8. The zero-order valence-corrected chi connectivity index (χ0v) is 18.8. The maximum absolute atomic E-state index is 13.0. The van der Waals surface area contributed by atoms with Crippen molar-refractivity contribution >= 4 is 21.8 Å². The fourth-order valence-corrected chi connectivity index (χ4v) is 5.03. The van der Waals surface area contributed by atoms with Gasteiger partial charge >= 0.3 is 0 Å². The molecule has 0 aliphatic carbocycles. The van der Waals surface area contributed by atoms with Gasteiger partial charge in [0.15, 0.2) is 0 Å². The van der Waals surface area contributed by atoms with Crippen molar-refractivity contribution in [3.8, 4) is 0 Å². The molecule has 1 saturated heterocycles. The van der Waals surface area contributed by atoms with Gasteiger partial charge in [0, 0.05) is 32.2 Å². The van der Waals surface area contributed by atoms with Crippen LogP contribution in [0.5, 0.6) is 0 Å². The summed E-state index contributed by atoms with van der Waals surface area (Å²) >= 11 is 0. The largest absolute Gasteiger partial charge is 0.353 e. The van der Waals surface area contributed by atoms with Crippen LogP contribution >= 0.6 is 0 Å². The van der Waals surface area contributed by atoms with Crippen LogP contribution in [0.3, 0.4) is 0 Å². The van der Waals surface area contributed by atoms with Crippen LogP contribution in [0.25, 0.3) is 0 Å². The number of rotatable bonds is 7. The number of hydrogen-bond donors (Lipinski definition) is 1. The van der Waals surface area contributed by atoms with Crippen molar-refractivity contribution in [2.45, 2.75) is 38.6 Å². The molecule has 2 rings (SSSR count). The van der Waals surface area contributed by atoms with Crippen LogP contribution in [-0.2, 0) is 19.6 Å². The highest BCUT2D eigenvalue weighted by atomic mass is 32.2. The number of nitrogens with one attached hydrogen (secondary N) is 1. The lowest BCUT2D eigenvalue weighted by Crippen LogP contribution is -2.52. The third-order valence-electron chi connectivity index (χ3n) is 4.81. The molecule has 162 valence electrons. The fraction of sp³-hybridized carbons (Fsp3) is 0.600. The average molecular weight is 425 g/mol. The highest BCUT2D eigenvalue weighted by molar-refractivity contribution is 7.89. The lowest BCUT2D eigenvalue weighted by molar-refractivity contribution is -0.133. The second-order valence-corrected chi connectivity index (χ2v) is 9.85. The summed E-state index contributed by atoms with van der Waals surface area (Å²) < 4.78 is 27.3. The van der Waals surface area contributed by atoms with E-state index in [4.69, 9.17) is 0 Å². The summed E-state index contributed by atoms with van der Waals surface area (Å²) in [6.07, 6.45) is 0. The van der Waals surface area contributed by atoms with Gasteiger partial charge in [0.25, 0.3) is 0 Å². The number of piperazine rings is 1. The summed E-state index contributed by atoms with van der Waals surface area (Å²) in [5.41, 5.74) is 1.74. The van der Waals surface area contributed by atoms with Gasteiger partial charge in [-0.15, -0.1) is 0 Å². The molecule has 0 saturated carbocycles. The molecule has 1 aromatic rings. The monoisotopic (exact) mass is 424 g/mol. The van der Waals surface area contributed by atoms with Crippen molar-refractivity contribution < 1.29 is 18.0 Å². The summed E-state index contributed by atoms with van der Waals surface area (Å²) in [6, 6.07) is 5.36. The van der Waals surface area contributed by atoms with Crippen molar-refractivity contribution in [3.05, 3.63) is 29.3 Å². The minimum atomic E-state index is -3.58. The third kappa shape index (κ3) is 6.25. The number of benzene rings is 1. The zero-order valence-electron chi connectivity index (χ0n) is 17.9. The molecule has 9 heteroatoms. The molecule has 0 spiro atoms. The Morgan fingerprint density at radius 2 is 1.72 bits per heavy atom. The van der Waals surface area contributed by atoms with Crippen molar-refractivity contribution in [1.82, 2.24) is 19.4 Å². The maximum Gasteiger partial charge on any atom is 0.243 e. The van der Waals surface area contributed by atoms with Gasteiger partial charge in [-0.2, -0.15) is 4.31 Å². The molecule has 0 atom stereocenters. The van der Waals surface area contributed by atoms with E-state index in [-0.39, 0.29) is 44.0 Å². The number of hydrogen-bond acceptors (Lipinski definition) is 5. The van der Waals surface area contributed by atoms with Crippen molar-refractivity contribution in [2.24, 2.45) is 0 Å². The molecule has 29 heavy (non-hydrogen) atoms. The maximum atomic E-state index is 13.0. The average Bonchev–Trinajstić information content (AvgIpc) is 2.60. The minimum absolute atomic E-state index is 0.0544. The van der Waals surface area contributed by atoms with E-state index < -0.39 is 10.0 Å². The standard InChI is InChI=1S/C20H32N4O4S/c1-15(2)21-19(25)13-22(5)14-20(26)23-8-10-24(11-9-23)29(27,28)18-7-6-16(3)12-17(18)4/h6-7,12,15H,8-11,13-14H2,1-5H3,(H,21,25). The first-order chi connectivity index (χ1) is 13.5. The van der Waals surface area contributed by atoms with Crippen molar-refractivity contribution in [1.29, 1.82) is 0 Å². The summed E-state index contributed by atoms with van der Waals surface area (Å²) in [6.45, 7) is 8.97. The Kier molecular flexibility index (Phi) is 7.79. The number of carbonyl (C=O) groups excluding carboxylic acids is 2. The number of likely N-dealkylation sites (N-methyl/N-ethyl adjacent to an activating group) is 1. The van der Waals surface area contributed by atoms with E-state index in [2.05, 4.69) is 5.32 Å². The molecule has 2 amide bonds. The minimum Gasteiger partial charge on any atom is -0.353 e. The van der Waals surface area contributed by atoms with E-state index in [1.165, 1.54) is 4.31 Å². The number of amides is 2. The fourth-order valence-electron chi connectivity index (χ4n) is 3.41. The second kappa shape index (κ2) is 9.69. The van der Waals surface area contributed by atoms with Crippen molar-refractivity contribution in [3.63, 3.8) is 0 Å². The van der Waals surface area contributed by atoms with Gasteiger partial charge in [-0.05, 0) is 46.4 Å². The summed E-state index contributed by atoms with van der Waals surface area (Å²) in [7, 11) is -1.86. The number of nitrogens with zero attached hydrogens (tertiary/aromatic N) is 3. The molecule has 0 radical (unpaired) electrons. The molecule has 8 nitrogen and oxygen atoms in total. The van der Waals surface area contributed by atoms with Gasteiger partial charge in [-0.3, -0.25) is 14.5 Å². The Morgan fingerprint density at radius 1 is 1.10 bits per heavy atom. The molecule has 1 heterocycles. The lowest BCUT2D eigenvalue weighted by atomic mass is 10.2. The van der Waals surface area contributed by atoms with E-state index in [0.717, 1.165) is 11.1 Å². The molecule has 1 aliphatic rings. The topological polar surface area (TPSA) is 90.0 Å². The summed E-state index contributed by atoms with van der Waals surface area (Å²) in [5.74, 6) is -0.229. The highest BCUT2D eigenvalue weighted by Crippen LogP contribution is 2.22. The Bertz CT molecular complexity index is 846. The summed E-state index contributed by atoms with van der Waals surface area (Å²) in [4.78, 5) is 28.0. The van der Waals surface area contributed by atoms with Crippen LogP contribution in [-0.4, -0.2) is 86.7 Å². The molecule has 1 N–H and O–H groups in total. The number of sulfonamides is 1. The van der Waals surface area contributed by atoms with Gasteiger partial charge in [-0.25, -0.2) is 8.42 Å². The van der Waals surface area contributed by atoms with Crippen LogP contribution in [0.15, 0.2) is 23.1 Å². The second-order valence-electron chi connectivity index (χ2n) is 7.95. The van der Waals surface area contributed by atoms with Crippen LogP contribution in [0, 0.1) is 13.8 Å². The van der Waals surface area contributed by atoms with Crippen LogP contribution < -0.4 is 5.32 Å². The Balaban J connectivity index is 1.91. The molecule has 0 bridgehead atoms. The molecular weight excluding hydrogens is 392 g/mol. The molecule has 0 unspecified atom stereocenters. The SMILES string of the molecule is Cc1ccc(S(=O)(=O)N2CCN(C(=O)CN(C)CC(=O)NC(C)C)CC2)c(C)c1. The van der Waals surface area contributed by atoms with Crippen LogP contribution in [0.4, 0.5) is 0 Å². The smallest absolute Gasteiger partial charge is 0.243 e. The quantitative estimate of drug-likeness (QED) is 0.692. The van der Waals surface area contributed by atoms with Gasteiger partial charge in [0.1, 0.15) is 0 Å². The van der Waals surface area contributed by atoms with E-state index in [9.17, 15) is 18.0 Å². The first-order valence-corrected chi connectivity index (χ1v) is 11.3. The first kappa shape index (κ1) is 23.3. The van der Waals surface area contributed by atoms with Gasteiger partial charge in [-0.1, -0.05) is 17.7 Å². The van der Waals surface area contributed by atoms with E-state index in [1.807, 2.05) is 26.8 Å². The Labute approximate surface area is 173 Å². The first-order valence-electron chi connectivity index (χ1n) is 9.83. The highest BCUT2D eigenvalue weighted by Gasteiger charge is 2.31. The Morgan fingerprint density at radius 3 is 2.28 bits per heavy atom. The Hall–Kier alpha value is -1.97. The van der Waals surface area contributed by atoms with Gasteiger partial charge in [0.2, 0.25) is 21.8 Å². The molecule has 1 aliphatic heterocycles. The molecule has 1 fully saturated rings. The van der Waals surface area contributed by atoms with E-state index >= 15 is 0 Å². The number of aryl methyl sites for hydroxylation is 2. The predicted octanol–water partition coefficient (Wildman–Crippen LogP) is 0.593. The molecular formula is C20H32N4O4S. The van der Waals surface area contributed by atoms with E-state index in [0.29, 0.717) is 18.0 Å². The number of carbonyl (C=O) groups is 2. The van der Waals surface area contributed by atoms with E-state index in [1.54, 1.807) is 35.9 Å². The molecule has 1 aromatic carbocycles. The lowest BCUT2D eigenvalue weighted by Gasteiger charge is -2.35. The zero-order chi connectivity index (χ0) is 21.8. The summed E-state index contributed by atoms with van der Waals surface area (Å²) in [5, 5.41) is 2.79. The van der Waals surface area contributed by atoms with Gasteiger partial charge < -0.3 is 10.2 Å². The third-order valence-corrected chi connectivity index (χ3v) is 6.87. The van der Waals surface area contributed by atoms with Crippen LogP contribution in [0.1, 0.15) is 25.0 Å².